The molecule has 0 unspecified atom stereocenters. The van der Waals surface area contributed by atoms with Gasteiger partial charge < -0.3 is 10.5 Å². The third-order valence-corrected chi connectivity index (χ3v) is 1.41. The summed E-state index contributed by atoms with van der Waals surface area (Å²) in [5.74, 6) is -0.225. The summed E-state index contributed by atoms with van der Waals surface area (Å²) in [5, 5.41) is 0. The molecule has 11 heavy (non-hydrogen) atoms. The lowest BCUT2D eigenvalue weighted by Crippen LogP contribution is -2.03. The van der Waals surface area contributed by atoms with Gasteiger partial charge in [-0.05, 0) is 19.4 Å². The van der Waals surface area contributed by atoms with Crippen LogP contribution in [0.1, 0.15) is 25.7 Å². The summed E-state index contributed by atoms with van der Waals surface area (Å²) in [5.41, 5.74) is 5.27. The zero-order valence-corrected chi connectivity index (χ0v) is 7.27. The van der Waals surface area contributed by atoms with Crippen molar-refractivity contribution in [3.8, 4) is 0 Å². The minimum absolute atomic E-state index is 0.0459. The molecule has 0 saturated heterocycles. The summed E-state index contributed by atoms with van der Waals surface area (Å²) in [6.45, 7) is 0.685. The Morgan fingerprint density at radius 1 is 1.36 bits per heavy atom. The number of esters is 1. The lowest BCUT2D eigenvalue weighted by Gasteiger charge is -1.99. The summed E-state index contributed by atoms with van der Waals surface area (Å²) in [4.78, 5) is 10.7. The molecule has 2 N–H and O–H groups in total. The first kappa shape index (κ1) is 10.7. The van der Waals surface area contributed by atoms with Crippen LogP contribution in [-0.2, 0) is 9.53 Å². The van der Waals surface area contributed by atoms with Crippen molar-refractivity contribution in [1.82, 2.24) is 0 Å². The van der Waals surface area contributed by atoms with E-state index in [0.29, 0.717) is 13.0 Å². The van der Waals surface area contributed by atoms with Crippen molar-refractivity contribution in [1.29, 1.82) is 0 Å². The second kappa shape index (κ2) is 7.82. The van der Waals surface area contributed by atoms with Crippen LogP contribution in [0.4, 0.5) is 0 Å². The van der Waals surface area contributed by atoms with Crippen molar-refractivity contribution in [3.05, 3.63) is 0 Å². The molecule has 4 heteroatoms. The Balaban J connectivity index is 3.04. The fourth-order valence-corrected chi connectivity index (χ4v) is 0.845. The minimum Gasteiger partial charge on any atom is -0.449 e. The van der Waals surface area contributed by atoms with E-state index in [0.717, 1.165) is 19.3 Å². The van der Waals surface area contributed by atoms with Gasteiger partial charge in [-0.3, -0.25) is 4.79 Å². The lowest BCUT2D eigenvalue weighted by molar-refractivity contribution is -0.141. The molecule has 0 heterocycles. The van der Waals surface area contributed by atoms with Gasteiger partial charge in [0.05, 0.1) is 0 Å². The van der Waals surface area contributed by atoms with Gasteiger partial charge in [0.2, 0.25) is 0 Å². The SMILES string of the molecule is NCCCCCC(=O)OCCl. The Kier molecular flexibility index (Phi) is 7.62. The molecular formula is C7H14ClNO2. The van der Waals surface area contributed by atoms with Gasteiger partial charge in [0.15, 0.2) is 6.07 Å². The highest BCUT2D eigenvalue weighted by molar-refractivity contribution is 6.17. The van der Waals surface area contributed by atoms with Crippen LogP contribution in [0.3, 0.4) is 0 Å². The zero-order chi connectivity index (χ0) is 8.53. The predicted octanol–water partition coefficient (Wildman–Crippen LogP) is 1.25. The number of halogens is 1. The molecule has 0 radical (unpaired) electrons. The smallest absolute Gasteiger partial charge is 0.306 e. The van der Waals surface area contributed by atoms with Gasteiger partial charge in [-0.25, -0.2) is 0 Å². The van der Waals surface area contributed by atoms with Crippen molar-refractivity contribution in [2.75, 3.05) is 12.6 Å². The third-order valence-electron chi connectivity index (χ3n) is 1.30. The van der Waals surface area contributed by atoms with Crippen LogP contribution in [0.2, 0.25) is 0 Å². The van der Waals surface area contributed by atoms with Crippen molar-refractivity contribution < 1.29 is 9.53 Å². The zero-order valence-electron chi connectivity index (χ0n) is 6.51. The second-order valence-electron chi connectivity index (χ2n) is 2.22. The van der Waals surface area contributed by atoms with E-state index in [-0.39, 0.29) is 12.0 Å². The highest BCUT2D eigenvalue weighted by atomic mass is 35.5. The minimum atomic E-state index is -0.225. The van der Waals surface area contributed by atoms with Crippen LogP contribution in [-0.4, -0.2) is 18.6 Å². The topological polar surface area (TPSA) is 52.3 Å². The fraction of sp³-hybridized carbons (Fsp3) is 0.857. The molecule has 3 nitrogen and oxygen atoms in total. The molecule has 0 aliphatic rings. The first-order chi connectivity index (χ1) is 5.31. The summed E-state index contributed by atoms with van der Waals surface area (Å²) in [7, 11) is 0. The van der Waals surface area contributed by atoms with Crippen molar-refractivity contribution in [2.24, 2.45) is 5.73 Å². The first-order valence-corrected chi connectivity index (χ1v) is 4.26. The summed E-state index contributed by atoms with van der Waals surface area (Å²) >= 11 is 5.17. The number of carbonyl (C=O) groups is 1. The number of hydrogen-bond donors (Lipinski definition) is 1. The van der Waals surface area contributed by atoms with Crippen molar-refractivity contribution >= 4 is 17.6 Å². The number of ether oxygens (including phenoxy) is 1. The number of rotatable bonds is 6. The molecule has 0 aliphatic heterocycles. The predicted molar refractivity (Wildman–Crippen MR) is 44.3 cm³/mol. The quantitative estimate of drug-likeness (QED) is 0.379. The summed E-state index contributed by atoms with van der Waals surface area (Å²) in [6.07, 6.45) is 3.24. The van der Waals surface area contributed by atoms with Crippen LogP contribution in [0.15, 0.2) is 0 Å². The van der Waals surface area contributed by atoms with Gasteiger partial charge in [-0.2, -0.15) is 0 Å². The Morgan fingerprint density at radius 2 is 2.09 bits per heavy atom. The molecule has 0 amide bonds. The molecule has 0 bridgehead atoms. The maximum Gasteiger partial charge on any atom is 0.306 e. The van der Waals surface area contributed by atoms with Crippen LogP contribution < -0.4 is 5.73 Å². The molecular weight excluding hydrogens is 166 g/mol. The maximum absolute atomic E-state index is 10.7. The number of nitrogens with two attached hydrogens (primary N) is 1. The maximum atomic E-state index is 10.7. The van der Waals surface area contributed by atoms with Gasteiger partial charge in [-0.15, -0.1) is 0 Å². The van der Waals surface area contributed by atoms with Crippen molar-refractivity contribution in [2.45, 2.75) is 25.7 Å². The van der Waals surface area contributed by atoms with Crippen LogP contribution in [0, 0.1) is 0 Å². The van der Waals surface area contributed by atoms with Gasteiger partial charge in [0, 0.05) is 6.42 Å². The van der Waals surface area contributed by atoms with Crippen molar-refractivity contribution in [3.63, 3.8) is 0 Å². The average molecular weight is 180 g/mol. The molecule has 0 fully saturated rings. The number of unbranched alkanes of at least 4 members (excludes halogenated alkanes) is 2. The standard InChI is InChI=1S/C7H14ClNO2/c8-6-11-7(10)4-2-1-3-5-9/h1-6,9H2. The number of alkyl halides is 1. The lowest BCUT2D eigenvalue weighted by atomic mass is 10.2. The molecule has 0 aromatic rings. The van der Waals surface area contributed by atoms with E-state index in [2.05, 4.69) is 4.74 Å². The van der Waals surface area contributed by atoms with E-state index in [1.807, 2.05) is 0 Å². The average Bonchev–Trinajstić information content (AvgIpc) is 1.99. The summed E-state index contributed by atoms with van der Waals surface area (Å²) in [6, 6.07) is -0.0459. The largest absolute Gasteiger partial charge is 0.449 e. The van der Waals surface area contributed by atoms with Gasteiger partial charge in [0.25, 0.3) is 0 Å². The highest BCUT2D eigenvalue weighted by Crippen LogP contribution is 2.00. The second-order valence-corrected chi connectivity index (χ2v) is 2.44. The van der Waals surface area contributed by atoms with Gasteiger partial charge >= 0.3 is 5.97 Å². The Hall–Kier alpha value is -0.280. The van der Waals surface area contributed by atoms with E-state index in [9.17, 15) is 4.79 Å². The van der Waals surface area contributed by atoms with E-state index >= 15 is 0 Å². The fourth-order valence-electron chi connectivity index (χ4n) is 0.723. The molecule has 0 aromatic carbocycles. The Labute approximate surface area is 71.8 Å². The van der Waals surface area contributed by atoms with E-state index in [1.54, 1.807) is 0 Å². The molecule has 0 rings (SSSR count). The van der Waals surface area contributed by atoms with Gasteiger partial charge in [-0.1, -0.05) is 18.0 Å². The van der Waals surface area contributed by atoms with Gasteiger partial charge in [0.1, 0.15) is 0 Å². The summed E-state index contributed by atoms with van der Waals surface area (Å²) < 4.78 is 4.52. The van der Waals surface area contributed by atoms with E-state index in [1.165, 1.54) is 0 Å². The highest BCUT2D eigenvalue weighted by Gasteiger charge is 1.99. The van der Waals surface area contributed by atoms with Crippen LogP contribution in [0.25, 0.3) is 0 Å². The molecule has 66 valence electrons. The van der Waals surface area contributed by atoms with E-state index in [4.69, 9.17) is 17.3 Å². The molecule has 0 aliphatic carbocycles. The first-order valence-electron chi connectivity index (χ1n) is 3.73. The molecule has 0 aromatic heterocycles. The third kappa shape index (κ3) is 7.62. The van der Waals surface area contributed by atoms with Crippen LogP contribution >= 0.6 is 11.6 Å². The molecule has 0 atom stereocenters. The van der Waals surface area contributed by atoms with E-state index < -0.39 is 0 Å². The molecule has 0 spiro atoms. The normalized spacial score (nSPS) is 9.64. The Bertz CT molecular complexity index is 109. The molecule has 0 saturated carbocycles. The monoisotopic (exact) mass is 179 g/mol. The number of carbonyl (C=O) groups excluding carboxylic acids is 1. The Morgan fingerprint density at radius 3 is 2.64 bits per heavy atom. The van der Waals surface area contributed by atoms with Crippen LogP contribution in [0.5, 0.6) is 0 Å². The number of hydrogen-bond acceptors (Lipinski definition) is 3.